The molecule has 0 bridgehead atoms. The average Bonchev–Trinajstić information content (AvgIpc) is 2.55. The van der Waals surface area contributed by atoms with Gasteiger partial charge in [0, 0.05) is 35.9 Å². The first-order valence-corrected chi connectivity index (χ1v) is 7.15. The lowest BCUT2D eigenvalue weighted by Gasteiger charge is -2.08. The van der Waals surface area contributed by atoms with Crippen LogP contribution >= 0.6 is 0 Å². The van der Waals surface area contributed by atoms with Crippen molar-refractivity contribution in [3.8, 4) is 0 Å². The van der Waals surface area contributed by atoms with Crippen LogP contribution in [0.25, 0.3) is 0 Å². The zero-order valence-corrected chi connectivity index (χ0v) is 12.9. The zero-order chi connectivity index (χ0) is 17.7. The lowest BCUT2D eigenvalue weighted by Crippen LogP contribution is -2.26. The number of benzene rings is 2. The van der Waals surface area contributed by atoms with Crippen LogP contribution in [-0.4, -0.2) is 22.3 Å². The summed E-state index contributed by atoms with van der Waals surface area (Å²) in [5, 5.41) is 24.2. The van der Waals surface area contributed by atoms with Crippen LogP contribution in [0.5, 0.6) is 0 Å². The summed E-state index contributed by atoms with van der Waals surface area (Å²) < 4.78 is 0. The van der Waals surface area contributed by atoms with Gasteiger partial charge in [0.1, 0.15) is 0 Å². The second-order valence-corrected chi connectivity index (χ2v) is 5.14. The molecule has 24 heavy (non-hydrogen) atoms. The quantitative estimate of drug-likeness (QED) is 0.646. The van der Waals surface area contributed by atoms with Gasteiger partial charge in [-0.3, -0.25) is 25.0 Å². The third-order valence-corrected chi connectivity index (χ3v) is 3.59. The highest BCUT2D eigenvalue weighted by molar-refractivity contribution is 5.96. The van der Waals surface area contributed by atoms with Gasteiger partial charge in [0.05, 0.1) is 9.85 Å². The summed E-state index contributed by atoms with van der Waals surface area (Å²) in [6.07, 6.45) is 0.498. The maximum atomic E-state index is 12.2. The molecule has 2 rings (SSSR count). The fraction of sp³-hybridized carbons (Fsp3) is 0.188. The van der Waals surface area contributed by atoms with Gasteiger partial charge in [0.25, 0.3) is 17.3 Å². The molecule has 0 aliphatic heterocycles. The molecule has 0 aromatic heterocycles. The third kappa shape index (κ3) is 3.92. The summed E-state index contributed by atoms with van der Waals surface area (Å²) in [6.45, 7) is 1.85. The first-order chi connectivity index (χ1) is 11.4. The second-order valence-electron chi connectivity index (χ2n) is 5.14. The normalized spacial score (nSPS) is 10.2. The summed E-state index contributed by atoms with van der Waals surface area (Å²) in [7, 11) is 0. The van der Waals surface area contributed by atoms with Crippen molar-refractivity contribution < 1.29 is 14.6 Å². The van der Waals surface area contributed by atoms with Crippen LogP contribution in [0.1, 0.15) is 21.5 Å². The number of non-ortho nitro benzene ring substituents is 1. The van der Waals surface area contributed by atoms with E-state index in [1.807, 2.05) is 0 Å². The smallest absolute Gasteiger partial charge is 0.273 e. The standard InChI is InChI=1S/C16H15N3O5/c1-11-14(3-2-4-15(11)19(23)24)16(20)17-10-9-12-5-7-13(8-6-12)18(21)22/h2-8H,9-10H2,1H3,(H,17,20). The molecule has 0 aliphatic carbocycles. The van der Waals surface area contributed by atoms with Crippen LogP contribution in [-0.2, 0) is 6.42 Å². The molecule has 0 aliphatic rings. The number of nitrogens with zero attached hydrogens (tertiary/aromatic N) is 2. The Morgan fingerprint density at radius 2 is 1.71 bits per heavy atom. The van der Waals surface area contributed by atoms with E-state index >= 15 is 0 Å². The van der Waals surface area contributed by atoms with E-state index in [0.717, 1.165) is 5.56 Å². The Kier molecular flexibility index (Phi) is 5.20. The number of nitro groups is 2. The molecule has 2 aromatic rings. The topological polar surface area (TPSA) is 115 Å². The summed E-state index contributed by atoms with van der Waals surface area (Å²) in [5.74, 6) is -0.391. The number of nitro benzene ring substituents is 2. The van der Waals surface area contributed by atoms with Gasteiger partial charge in [0.15, 0.2) is 0 Å². The fourth-order valence-corrected chi connectivity index (χ4v) is 2.27. The van der Waals surface area contributed by atoms with E-state index in [2.05, 4.69) is 5.32 Å². The van der Waals surface area contributed by atoms with Crippen molar-refractivity contribution in [2.75, 3.05) is 6.54 Å². The average molecular weight is 329 g/mol. The lowest BCUT2D eigenvalue weighted by atomic mass is 10.1. The van der Waals surface area contributed by atoms with Gasteiger partial charge >= 0.3 is 0 Å². The Balaban J connectivity index is 1.97. The van der Waals surface area contributed by atoms with E-state index in [-0.39, 0.29) is 16.9 Å². The number of carbonyl (C=O) groups excluding carboxylic acids is 1. The van der Waals surface area contributed by atoms with E-state index in [0.29, 0.717) is 18.5 Å². The minimum absolute atomic E-state index is 0.00926. The van der Waals surface area contributed by atoms with Crippen molar-refractivity contribution in [3.05, 3.63) is 79.4 Å². The summed E-state index contributed by atoms with van der Waals surface area (Å²) in [5.41, 5.74) is 1.33. The second kappa shape index (κ2) is 7.32. The van der Waals surface area contributed by atoms with Crippen molar-refractivity contribution in [2.45, 2.75) is 13.3 Å². The number of nitrogens with one attached hydrogen (secondary N) is 1. The van der Waals surface area contributed by atoms with Crippen LogP contribution in [0.15, 0.2) is 42.5 Å². The minimum atomic E-state index is -0.525. The van der Waals surface area contributed by atoms with Gasteiger partial charge in [-0.1, -0.05) is 18.2 Å². The molecule has 2 aromatic carbocycles. The molecule has 0 unspecified atom stereocenters. The van der Waals surface area contributed by atoms with Crippen LogP contribution in [0.4, 0.5) is 11.4 Å². The molecule has 0 fully saturated rings. The molecule has 0 saturated carbocycles. The van der Waals surface area contributed by atoms with Crippen molar-refractivity contribution in [1.82, 2.24) is 5.32 Å². The van der Waals surface area contributed by atoms with Crippen LogP contribution in [0.3, 0.4) is 0 Å². The maximum absolute atomic E-state index is 12.2. The molecule has 124 valence electrons. The molecular weight excluding hydrogens is 314 g/mol. The molecule has 0 radical (unpaired) electrons. The number of hydrogen-bond acceptors (Lipinski definition) is 5. The van der Waals surface area contributed by atoms with E-state index < -0.39 is 15.8 Å². The predicted molar refractivity (Wildman–Crippen MR) is 87.0 cm³/mol. The SMILES string of the molecule is Cc1c(C(=O)NCCc2ccc([N+](=O)[O-])cc2)cccc1[N+](=O)[O-]. The van der Waals surface area contributed by atoms with Gasteiger partial charge in [-0.25, -0.2) is 0 Å². The predicted octanol–water partition coefficient (Wildman–Crippen LogP) is 2.78. The maximum Gasteiger partial charge on any atom is 0.273 e. The zero-order valence-electron chi connectivity index (χ0n) is 12.9. The Hall–Kier alpha value is -3.29. The first kappa shape index (κ1) is 17.1. The van der Waals surface area contributed by atoms with Crippen LogP contribution in [0.2, 0.25) is 0 Å². The Morgan fingerprint density at radius 3 is 2.29 bits per heavy atom. The van der Waals surface area contributed by atoms with Crippen LogP contribution < -0.4 is 5.32 Å². The highest BCUT2D eigenvalue weighted by atomic mass is 16.6. The molecule has 0 spiro atoms. The van der Waals surface area contributed by atoms with Crippen molar-refractivity contribution in [3.63, 3.8) is 0 Å². The first-order valence-electron chi connectivity index (χ1n) is 7.15. The number of amides is 1. The van der Waals surface area contributed by atoms with E-state index in [1.54, 1.807) is 12.1 Å². The van der Waals surface area contributed by atoms with Gasteiger partial charge in [-0.05, 0) is 25.0 Å². The Bertz CT molecular complexity index is 787. The Morgan fingerprint density at radius 1 is 1.04 bits per heavy atom. The van der Waals surface area contributed by atoms with E-state index in [9.17, 15) is 25.0 Å². The monoisotopic (exact) mass is 329 g/mol. The molecule has 0 atom stereocenters. The highest BCUT2D eigenvalue weighted by Crippen LogP contribution is 2.21. The van der Waals surface area contributed by atoms with Crippen molar-refractivity contribution >= 4 is 17.3 Å². The molecular formula is C16H15N3O5. The number of hydrogen-bond donors (Lipinski definition) is 1. The number of carbonyl (C=O) groups is 1. The summed E-state index contributed by atoms with van der Waals surface area (Å²) in [6, 6.07) is 10.4. The largest absolute Gasteiger partial charge is 0.352 e. The molecule has 0 heterocycles. The molecule has 1 N–H and O–H groups in total. The number of rotatable bonds is 6. The van der Waals surface area contributed by atoms with Gasteiger partial charge in [0.2, 0.25) is 0 Å². The molecule has 0 saturated heterocycles. The summed E-state index contributed by atoms with van der Waals surface area (Å²) >= 11 is 0. The molecule has 1 amide bonds. The summed E-state index contributed by atoms with van der Waals surface area (Å²) in [4.78, 5) is 32.6. The van der Waals surface area contributed by atoms with Crippen LogP contribution in [0, 0.1) is 27.2 Å². The minimum Gasteiger partial charge on any atom is -0.352 e. The van der Waals surface area contributed by atoms with Crippen molar-refractivity contribution in [2.24, 2.45) is 0 Å². The third-order valence-electron chi connectivity index (χ3n) is 3.59. The van der Waals surface area contributed by atoms with Gasteiger partial charge < -0.3 is 5.32 Å². The highest BCUT2D eigenvalue weighted by Gasteiger charge is 2.17. The van der Waals surface area contributed by atoms with E-state index in [4.69, 9.17) is 0 Å². The molecule has 8 nitrogen and oxygen atoms in total. The Labute approximate surface area is 137 Å². The van der Waals surface area contributed by atoms with Crippen molar-refractivity contribution in [1.29, 1.82) is 0 Å². The lowest BCUT2D eigenvalue weighted by molar-refractivity contribution is -0.385. The fourth-order valence-electron chi connectivity index (χ4n) is 2.27. The van der Waals surface area contributed by atoms with Gasteiger partial charge in [-0.2, -0.15) is 0 Å². The molecule has 8 heteroatoms. The van der Waals surface area contributed by atoms with E-state index in [1.165, 1.54) is 37.3 Å². The van der Waals surface area contributed by atoms with Gasteiger partial charge in [-0.15, -0.1) is 0 Å².